The van der Waals surface area contributed by atoms with E-state index >= 15 is 0 Å². The summed E-state index contributed by atoms with van der Waals surface area (Å²) in [6, 6.07) is 13.3. The van der Waals surface area contributed by atoms with Crippen LogP contribution in [0.25, 0.3) is 11.0 Å². The molecular formula is C28H31ClN6O3S. The summed E-state index contributed by atoms with van der Waals surface area (Å²) in [5.74, 6) is 2.42. The summed E-state index contributed by atoms with van der Waals surface area (Å²) in [5.41, 5.74) is 2.64. The lowest BCUT2D eigenvalue weighted by atomic mass is 10.2. The molecule has 0 radical (unpaired) electrons. The van der Waals surface area contributed by atoms with Crippen molar-refractivity contribution in [3.05, 3.63) is 65.6 Å². The zero-order chi connectivity index (χ0) is 27.2. The number of halogens is 1. The summed E-state index contributed by atoms with van der Waals surface area (Å²) < 4.78 is 12.1. The number of thioether (sulfide) groups is 1. The molecule has 2 bridgehead atoms. The number of carbonyl (C=O) groups excluding carboxylic acids is 1. The molecule has 1 aliphatic rings. The first-order valence-electron chi connectivity index (χ1n) is 12.7. The van der Waals surface area contributed by atoms with Crippen molar-refractivity contribution < 1.29 is 14.3 Å². The van der Waals surface area contributed by atoms with Crippen molar-refractivity contribution in [3.8, 4) is 11.5 Å². The molecule has 11 heteroatoms. The second kappa shape index (κ2) is 12.6. The first-order valence-corrected chi connectivity index (χ1v) is 14.1. The Kier molecular flexibility index (Phi) is 8.75. The summed E-state index contributed by atoms with van der Waals surface area (Å²) in [5, 5.41) is 5.08. The SMILES string of the molecule is CN1CCCN(C)C(=O)COc2cc(ccc2OCCSc2ccc(Cl)cc2)Nc2ncnc3[nH]cc(c23)C1. The van der Waals surface area contributed by atoms with Crippen molar-refractivity contribution in [2.24, 2.45) is 0 Å². The maximum atomic E-state index is 12.8. The molecule has 204 valence electrons. The Morgan fingerprint density at radius 1 is 1.13 bits per heavy atom. The molecule has 39 heavy (non-hydrogen) atoms. The number of aromatic nitrogens is 3. The van der Waals surface area contributed by atoms with Crippen LogP contribution in [0.2, 0.25) is 5.02 Å². The molecule has 5 rings (SSSR count). The van der Waals surface area contributed by atoms with Gasteiger partial charge in [0, 0.05) is 53.8 Å². The van der Waals surface area contributed by atoms with Gasteiger partial charge >= 0.3 is 0 Å². The minimum absolute atomic E-state index is 0.0780. The van der Waals surface area contributed by atoms with Crippen molar-refractivity contribution in [1.82, 2.24) is 24.8 Å². The zero-order valence-corrected chi connectivity index (χ0v) is 23.5. The number of amides is 1. The van der Waals surface area contributed by atoms with E-state index in [4.69, 9.17) is 21.1 Å². The predicted octanol–water partition coefficient (Wildman–Crippen LogP) is 5.20. The zero-order valence-electron chi connectivity index (χ0n) is 21.9. The van der Waals surface area contributed by atoms with Gasteiger partial charge in [-0.3, -0.25) is 4.79 Å². The highest BCUT2D eigenvalue weighted by molar-refractivity contribution is 7.99. The van der Waals surface area contributed by atoms with Crippen LogP contribution >= 0.6 is 23.4 Å². The van der Waals surface area contributed by atoms with Crippen molar-refractivity contribution in [2.45, 2.75) is 17.9 Å². The Labute approximate surface area is 236 Å². The highest BCUT2D eigenvalue weighted by Gasteiger charge is 2.17. The highest BCUT2D eigenvalue weighted by Crippen LogP contribution is 2.34. The van der Waals surface area contributed by atoms with Crippen molar-refractivity contribution >= 4 is 51.8 Å². The number of ether oxygens (including phenoxy) is 2. The van der Waals surface area contributed by atoms with Crippen molar-refractivity contribution in [2.75, 3.05) is 51.5 Å². The first-order chi connectivity index (χ1) is 19.0. The fraction of sp³-hybridized carbons (Fsp3) is 0.321. The van der Waals surface area contributed by atoms with E-state index in [1.165, 1.54) is 6.33 Å². The van der Waals surface area contributed by atoms with Gasteiger partial charge in [0.25, 0.3) is 5.91 Å². The van der Waals surface area contributed by atoms with Crippen molar-refractivity contribution in [1.29, 1.82) is 0 Å². The van der Waals surface area contributed by atoms with E-state index in [-0.39, 0.29) is 12.5 Å². The van der Waals surface area contributed by atoms with Crippen LogP contribution in [0.4, 0.5) is 11.5 Å². The molecule has 9 nitrogen and oxygen atoms in total. The Bertz CT molecular complexity index is 1430. The Hall–Kier alpha value is -3.47. The van der Waals surface area contributed by atoms with Gasteiger partial charge < -0.3 is 29.6 Å². The number of benzene rings is 2. The number of nitrogens with one attached hydrogen (secondary N) is 2. The van der Waals surface area contributed by atoms with Crippen LogP contribution < -0.4 is 14.8 Å². The van der Waals surface area contributed by atoms with Gasteiger partial charge in [-0.2, -0.15) is 0 Å². The normalized spacial score (nSPS) is 15.2. The van der Waals surface area contributed by atoms with Crippen LogP contribution in [-0.4, -0.2) is 76.8 Å². The molecule has 0 saturated carbocycles. The maximum Gasteiger partial charge on any atom is 0.260 e. The van der Waals surface area contributed by atoms with E-state index < -0.39 is 0 Å². The fourth-order valence-electron chi connectivity index (χ4n) is 4.36. The Morgan fingerprint density at radius 3 is 2.82 bits per heavy atom. The lowest BCUT2D eigenvalue weighted by Crippen LogP contribution is -2.33. The minimum Gasteiger partial charge on any atom is -0.489 e. The molecule has 0 atom stereocenters. The number of fused-ring (bicyclic) bond motifs is 2. The highest BCUT2D eigenvalue weighted by atomic mass is 35.5. The van der Waals surface area contributed by atoms with Gasteiger partial charge in [0.2, 0.25) is 0 Å². The van der Waals surface area contributed by atoms with Gasteiger partial charge in [-0.1, -0.05) is 11.6 Å². The number of carbonyl (C=O) groups is 1. The molecule has 0 aliphatic carbocycles. The average molecular weight is 567 g/mol. The lowest BCUT2D eigenvalue weighted by Gasteiger charge is -2.22. The Balaban J connectivity index is 1.38. The third kappa shape index (κ3) is 6.95. The van der Waals surface area contributed by atoms with Crippen LogP contribution in [-0.2, 0) is 11.3 Å². The standard InChI is InChI=1S/C28H31ClN6O3S/c1-34-10-3-11-35(2)25(36)17-38-24-14-21(33-28-26-19(16-34)15-30-27(26)31-18-32-28)6-9-23(24)37-12-13-39-22-7-4-20(29)5-8-22/h4-9,14-15,18H,3,10-13,16-17H2,1-2H3,(H2,30,31,32,33). The molecular weight excluding hydrogens is 536 g/mol. The summed E-state index contributed by atoms with van der Waals surface area (Å²) in [6.45, 7) is 2.60. The number of nitrogens with zero attached hydrogens (tertiary/aromatic N) is 4. The van der Waals surface area contributed by atoms with Gasteiger partial charge in [-0.05, 0) is 62.0 Å². The minimum atomic E-state index is -0.0854. The van der Waals surface area contributed by atoms with Gasteiger partial charge in [0.05, 0.1) is 12.0 Å². The van der Waals surface area contributed by atoms with Crippen LogP contribution in [0.15, 0.2) is 59.9 Å². The van der Waals surface area contributed by atoms with Crippen LogP contribution in [0, 0.1) is 0 Å². The largest absolute Gasteiger partial charge is 0.489 e. The van der Waals surface area contributed by atoms with Gasteiger partial charge in [-0.15, -0.1) is 11.8 Å². The van der Waals surface area contributed by atoms with E-state index in [1.54, 1.807) is 16.7 Å². The number of aromatic amines is 1. The van der Waals surface area contributed by atoms with Crippen LogP contribution in [0.1, 0.15) is 12.0 Å². The first kappa shape index (κ1) is 27.1. The van der Waals surface area contributed by atoms with Gasteiger partial charge in [0.1, 0.15) is 17.8 Å². The molecule has 3 heterocycles. The van der Waals surface area contributed by atoms with E-state index in [0.29, 0.717) is 35.5 Å². The predicted molar refractivity (Wildman–Crippen MR) is 155 cm³/mol. The third-order valence-electron chi connectivity index (χ3n) is 6.43. The summed E-state index contributed by atoms with van der Waals surface area (Å²) in [7, 11) is 3.88. The summed E-state index contributed by atoms with van der Waals surface area (Å²) in [6.07, 6.45) is 4.36. The summed E-state index contributed by atoms with van der Waals surface area (Å²) in [4.78, 5) is 30.0. The fourth-order valence-corrected chi connectivity index (χ4v) is 5.22. The molecule has 0 unspecified atom stereocenters. The molecule has 2 aromatic carbocycles. The number of rotatable bonds is 5. The molecule has 2 aromatic heterocycles. The van der Waals surface area contributed by atoms with Crippen LogP contribution in [0.3, 0.4) is 0 Å². The molecule has 0 saturated heterocycles. The van der Waals surface area contributed by atoms with E-state index in [2.05, 4.69) is 32.2 Å². The van der Waals surface area contributed by atoms with E-state index in [1.807, 2.05) is 55.7 Å². The number of likely N-dealkylation sites (N-methyl/N-ethyl adjacent to an activating group) is 1. The van der Waals surface area contributed by atoms with E-state index in [0.717, 1.165) is 52.4 Å². The maximum absolute atomic E-state index is 12.8. The number of H-pyrrole nitrogens is 1. The quantitative estimate of drug-likeness (QED) is 0.251. The lowest BCUT2D eigenvalue weighted by molar-refractivity contribution is -0.132. The number of hydrogen-bond acceptors (Lipinski definition) is 8. The number of anilines is 2. The van der Waals surface area contributed by atoms with Gasteiger partial charge in [0.15, 0.2) is 18.1 Å². The molecule has 1 aliphatic heterocycles. The van der Waals surface area contributed by atoms with Crippen LogP contribution in [0.5, 0.6) is 11.5 Å². The smallest absolute Gasteiger partial charge is 0.260 e. The molecule has 4 aromatic rings. The molecule has 1 amide bonds. The number of hydrogen-bond donors (Lipinski definition) is 2. The third-order valence-corrected chi connectivity index (χ3v) is 7.66. The summed E-state index contributed by atoms with van der Waals surface area (Å²) >= 11 is 7.66. The Morgan fingerprint density at radius 2 is 1.97 bits per heavy atom. The molecule has 0 fully saturated rings. The molecule has 0 spiro atoms. The second-order valence-electron chi connectivity index (χ2n) is 9.39. The monoisotopic (exact) mass is 566 g/mol. The second-order valence-corrected chi connectivity index (χ2v) is 11.0. The van der Waals surface area contributed by atoms with E-state index in [9.17, 15) is 4.79 Å². The molecule has 2 N–H and O–H groups in total. The van der Waals surface area contributed by atoms with Gasteiger partial charge in [-0.25, -0.2) is 9.97 Å². The average Bonchev–Trinajstić information content (AvgIpc) is 3.34. The topological polar surface area (TPSA) is 95.6 Å². The van der Waals surface area contributed by atoms with Crippen molar-refractivity contribution in [3.63, 3.8) is 0 Å².